The molecule has 0 atom stereocenters. The molecule has 20 heavy (non-hydrogen) atoms. The van der Waals surface area contributed by atoms with Gasteiger partial charge in [0.25, 0.3) is 0 Å². The minimum atomic E-state index is -4.35. The summed E-state index contributed by atoms with van der Waals surface area (Å²) < 4.78 is 42.9. The van der Waals surface area contributed by atoms with Gasteiger partial charge in [-0.15, -0.1) is 0 Å². The number of halogens is 3. The number of hydrogen-bond donors (Lipinski definition) is 1. The van der Waals surface area contributed by atoms with Crippen LogP contribution in [0.5, 0.6) is 0 Å². The second-order valence-corrected chi connectivity index (χ2v) is 4.43. The van der Waals surface area contributed by atoms with Crippen LogP contribution in [0.3, 0.4) is 0 Å². The van der Waals surface area contributed by atoms with Crippen LogP contribution in [0.15, 0.2) is 28.7 Å². The monoisotopic (exact) mass is 285 g/mol. The number of aliphatic hydroxyl groups excluding tert-OH is 1. The van der Waals surface area contributed by atoms with Crippen LogP contribution in [0.1, 0.15) is 23.4 Å². The fourth-order valence-corrected chi connectivity index (χ4v) is 1.82. The summed E-state index contributed by atoms with van der Waals surface area (Å²) in [6.07, 6.45) is -3.24. The maximum Gasteiger partial charge on any atom is 0.416 e. The molecule has 6 heteroatoms. The number of hydrogen-bond acceptors (Lipinski definition) is 3. The molecule has 0 aliphatic rings. The van der Waals surface area contributed by atoms with Gasteiger partial charge in [-0.2, -0.15) is 13.2 Å². The molecule has 0 aliphatic heterocycles. The Hall–Kier alpha value is -1.82. The fraction of sp³-hybridized carbons (Fsp3) is 0.357. The molecule has 0 amide bonds. The Bertz CT molecular complexity index is 573. The third-order valence-electron chi connectivity index (χ3n) is 2.91. The molecule has 1 N–H and O–H groups in total. The van der Waals surface area contributed by atoms with E-state index in [4.69, 9.17) is 9.52 Å². The van der Waals surface area contributed by atoms with Crippen molar-refractivity contribution in [1.29, 1.82) is 0 Å². The van der Waals surface area contributed by atoms with Crippen LogP contribution in [0, 0.1) is 6.92 Å². The molecular weight excluding hydrogens is 271 g/mol. The van der Waals surface area contributed by atoms with Crippen LogP contribution < -0.4 is 0 Å². The van der Waals surface area contributed by atoms with Gasteiger partial charge in [0.15, 0.2) is 0 Å². The molecule has 0 bridgehead atoms. The van der Waals surface area contributed by atoms with E-state index in [-0.39, 0.29) is 6.61 Å². The SMILES string of the molecule is Cc1nc(-c2ccc(C(F)(F)F)cc2)oc1CCCO. The number of alkyl halides is 3. The summed E-state index contributed by atoms with van der Waals surface area (Å²) in [4.78, 5) is 4.20. The molecule has 0 fully saturated rings. The molecular formula is C14H14F3NO2. The molecule has 3 nitrogen and oxygen atoms in total. The molecule has 2 aromatic rings. The molecule has 1 aromatic carbocycles. The third kappa shape index (κ3) is 3.19. The minimum absolute atomic E-state index is 0.0513. The first-order valence-corrected chi connectivity index (χ1v) is 6.16. The van der Waals surface area contributed by atoms with Gasteiger partial charge in [0.1, 0.15) is 5.76 Å². The predicted octanol–water partition coefficient (Wildman–Crippen LogP) is 3.59. The lowest BCUT2D eigenvalue weighted by molar-refractivity contribution is -0.137. The number of aromatic nitrogens is 1. The van der Waals surface area contributed by atoms with E-state index in [9.17, 15) is 13.2 Å². The van der Waals surface area contributed by atoms with E-state index in [1.54, 1.807) is 6.92 Å². The van der Waals surface area contributed by atoms with Gasteiger partial charge in [-0.25, -0.2) is 4.98 Å². The summed E-state index contributed by atoms with van der Waals surface area (Å²) in [6, 6.07) is 4.68. The number of oxazole rings is 1. The van der Waals surface area contributed by atoms with Crippen molar-refractivity contribution in [3.63, 3.8) is 0 Å². The van der Waals surface area contributed by atoms with Crippen molar-refractivity contribution in [2.75, 3.05) is 6.61 Å². The van der Waals surface area contributed by atoms with Gasteiger partial charge in [0.2, 0.25) is 5.89 Å². The van der Waals surface area contributed by atoms with Gasteiger partial charge < -0.3 is 9.52 Å². The Balaban J connectivity index is 2.24. The van der Waals surface area contributed by atoms with Crippen molar-refractivity contribution in [2.24, 2.45) is 0 Å². The first-order valence-electron chi connectivity index (χ1n) is 6.16. The van der Waals surface area contributed by atoms with Crippen molar-refractivity contribution in [1.82, 2.24) is 4.98 Å². The van der Waals surface area contributed by atoms with E-state index in [0.29, 0.717) is 35.7 Å². The highest BCUT2D eigenvalue weighted by atomic mass is 19.4. The number of nitrogens with zero attached hydrogens (tertiary/aromatic N) is 1. The molecule has 0 saturated carbocycles. The maximum absolute atomic E-state index is 12.5. The molecule has 0 saturated heterocycles. The summed E-state index contributed by atoms with van der Waals surface area (Å²) in [6.45, 7) is 1.82. The average molecular weight is 285 g/mol. The van der Waals surface area contributed by atoms with Gasteiger partial charge >= 0.3 is 6.18 Å². The summed E-state index contributed by atoms with van der Waals surface area (Å²) in [5, 5.41) is 8.78. The lowest BCUT2D eigenvalue weighted by Gasteiger charge is -2.06. The Morgan fingerprint density at radius 1 is 1.20 bits per heavy atom. The second kappa shape index (κ2) is 5.66. The zero-order valence-electron chi connectivity index (χ0n) is 10.9. The number of rotatable bonds is 4. The molecule has 1 heterocycles. The van der Waals surface area contributed by atoms with E-state index < -0.39 is 11.7 Å². The second-order valence-electron chi connectivity index (χ2n) is 4.43. The van der Waals surface area contributed by atoms with Crippen LogP contribution in [-0.4, -0.2) is 16.7 Å². The van der Waals surface area contributed by atoms with Crippen LogP contribution in [-0.2, 0) is 12.6 Å². The molecule has 0 spiro atoms. The van der Waals surface area contributed by atoms with E-state index in [1.807, 2.05) is 0 Å². The summed E-state index contributed by atoms with van der Waals surface area (Å²) >= 11 is 0. The number of aryl methyl sites for hydroxylation is 2. The molecule has 1 aromatic heterocycles. The van der Waals surface area contributed by atoms with Crippen LogP contribution in [0.4, 0.5) is 13.2 Å². The number of benzene rings is 1. The minimum Gasteiger partial charge on any atom is -0.441 e. The van der Waals surface area contributed by atoms with Gasteiger partial charge in [-0.3, -0.25) is 0 Å². The Labute approximate surface area is 114 Å². The standard InChI is InChI=1S/C14H14F3NO2/c1-9-12(3-2-8-19)20-13(18-9)10-4-6-11(7-5-10)14(15,16)17/h4-7,19H,2-3,8H2,1H3. The van der Waals surface area contributed by atoms with Crippen molar-refractivity contribution < 1.29 is 22.7 Å². The van der Waals surface area contributed by atoms with Crippen molar-refractivity contribution in [3.05, 3.63) is 41.3 Å². The van der Waals surface area contributed by atoms with E-state index >= 15 is 0 Å². The first kappa shape index (κ1) is 14.6. The largest absolute Gasteiger partial charge is 0.441 e. The van der Waals surface area contributed by atoms with Gasteiger partial charge in [-0.1, -0.05) is 0 Å². The Morgan fingerprint density at radius 3 is 2.40 bits per heavy atom. The smallest absolute Gasteiger partial charge is 0.416 e. The summed E-state index contributed by atoms with van der Waals surface area (Å²) in [5.41, 5.74) is 0.481. The highest BCUT2D eigenvalue weighted by molar-refractivity contribution is 5.54. The normalized spacial score (nSPS) is 11.8. The molecule has 0 unspecified atom stereocenters. The lowest BCUT2D eigenvalue weighted by atomic mass is 10.1. The summed E-state index contributed by atoms with van der Waals surface area (Å²) in [7, 11) is 0. The third-order valence-corrected chi connectivity index (χ3v) is 2.91. The highest BCUT2D eigenvalue weighted by Crippen LogP contribution is 2.31. The van der Waals surface area contributed by atoms with Gasteiger partial charge in [0, 0.05) is 18.6 Å². The van der Waals surface area contributed by atoms with E-state index in [1.165, 1.54) is 12.1 Å². The van der Waals surface area contributed by atoms with Crippen molar-refractivity contribution in [3.8, 4) is 11.5 Å². The molecule has 2 rings (SSSR count). The summed E-state index contributed by atoms with van der Waals surface area (Å²) in [5.74, 6) is 0.943. The maximum atomic E-state index is 12.5. The quantitative estimate of drug-likeness (QED) is 0.933. The lowest BCUT2D eigenvalue weighted by Crippen LogP contribution is -2.03. The molecule has 108 valence electrons. The van der Waals surface area contributed by atoms with Crippen LogP contribution >= 0.6 is 0 Å². The van der Waals surface area contributed by atoms with Gasteiger partial charge in [0.05, 0.1) is 11.3 Å². The van der Waals surface area contributed by atoms with Crippen LogP contribution in [0.25, 0.3) is 11.5 Å². The topological polar surface area (TPSA) is 46.3 Å². The Kier molecular flexibility index (Phi) is 4.13. The van der Waals surface area contributed by atoms with Crippen molar-refractivity contribution in [2.45, 2.75) is 25.9 Å². The van der Waals surface area contributed by atoms with E-state index in [0.717, 1.165) is 12.1 Å². The molecule has 0 aliphatic carbocycles. The van der Waals surface area contributed by atoms with Crippen LogP contribution in [0.2, 0.25) is 0 Å². The zero-order valence-corrected chi connectivity index (χ0v) is 10.9. The van der Waals surface area contributed by atoms with E-state index in [2.05, 4.69) is 4.98 Å². The number of aliphatic hydroxyl groups is 1. The zero-order chi connectivity index (χ0) is 14.8. The molecule has 0 radical (unpaired) electrons. The Morgan fingerprint density at radius 2 is 1.85 bits per heavy atom. The first-order chi connectivity index (χ1) is 9.41. The van der Waals surface area contributed by atoms with Gasteiger partial charge in [-0.05, 0) is 37.6 Å². The highest BCUT2D eigenvalue weighted by Gasteiger charge is 2.30. The average Bonchev–Trinajstić information content (AvgIpc) is 2.77. The predicted molar refractivity (Wildman–Crippen MR) is 67.1 cm³/mol. The van der Waals surface area contributed by atoms with Crippen molar-refractivity contribution >= 4 is 0 Å². The fourth-order valence-electron chi connectivity index (χ4n) is 1.82.